The van der Waals surface area contributed by atoms with Gasteiger partial charge >= 0.3 is 0 Å². The molecular weight excluding hydrogens is 512 g/mol. The minimum atomic E-state index is -1.53. The summed E-state index contributed by atoms with van der Waals surface area (Å²) in [7, 11) is 5.90. The Kier molecular flexibility index (Phi) is 9.48. The van der Waals surface area contributed by atoms with Gasteiger partial charge in [-0.3, -0.25) is 4.79 Å². The van der Waals surface area contributed by atoms with Crippen LogP contribution >= 0.6 is 0 Å². The van der Waals surface area contributed by atoms with Gasteiger partial charge in [0, 0.05) is 5.56 Å². The van der Waals surface area contributed by atoms with Crippen LogP contribution in [0.25, 0.3) is 0 Å². The highest BCUT2D eigenvalue weighted by Crippen LogP contribution is 2.43. The number of aliphatic hydroxyl groups is 1. The molecule has 0 bridgehead atoms. The highest BCUT2D eigenvalue weighted by atomic mass is 16.5. The number of rotatable bonds is 13. The van der Waals surface area contributed by atoms with E-state index < -0.39 is 11.9 Å². The summed E-state index contributed by atoms with van der Waals surface area (Å²) in [5.74, 6) is 1.36. The van der Waals surface area contributed by atoms with Gasteiger partial charge in [-0.1, -0.05) is 60.7 Å². The van der Waals surface area contributed by atoms with E-state index in [1.54, 1.807) is 12.1 Å². The van der Waals surface area contributed by atoms with Crippen LogP contribution in [-0.4, -0.2) is 39.3 Å². The lowest BCUT2D eigenvalue weighted by molar-refractivity contribution is 0.0745. The van der Waals surface area contributed by atoms with Crippen LogP contribution in [-0.2, 0) is 13.2 Å². The van der Waals surface area contributed by atoms with E-state index in [2.05, 4.69) is 0 Å². The molecule has 0 aliphatic rings. The van der Waals surface area contributed by atoms with Crippen molar-refractivity contribution in [3.63, 3.8) is 0 Å². The Balaban J connectivity index is 1.60. The van der Waals surface area contributed by atoms with E-state index in [-0.39, 0.29) is 24.3 Å². The van der Waals surface area contributed by atoms with Crippen molar-refractivity contribution in [3.8, 4) is 34.5 Å². The van der Waals surface area contributed by atoms with Crippen molar-refractivity contribution in [1.29, 1.82) is 0 Å². The molecule has 8 heteroatoms. The van der Waals surface area contributed by atoms with Crippen LogP contribution in [0.4, 0.5) is 0 Å². The van der Waals surface area contributed by atoms with Crippen LogP contribution in [0.2, 0.25) is 0 Å². The zero-order valence-electron chi connectivity index (χ0n) is 22.9. The summed E-state index contributed by atoms with van der Waals surface area (Å²) < 4.78 is 34.0. The maximum Gasteiger partial charge on any atom is 0.203 e. The van der Waals surface area contributed by atoms with Gasteiger partial charge in [0.15, 0.2) is 28.8 Å². The summed E-state index contributed by atoms with van der Waals surface area (Å²) in [6, 6.07) is 25.4. The lowest BCUT2D eigenvalue weighted by atomic mass is 9.98. The monoisotopic (exact) mass is 544 g/mol. The van der Waals surface area contributed by atoms with E-state index >= 15 is 0 Å². The molecule has 0 saturated carbocycles. The molecule has 0 aliphatic heterocycles. The maximum absolute atomic E-state index is 13.5. The Hall–Kier alpha value is -4.69. The van der Waals surface area contributed by atoms with Crippen LogP contribution in [0.5, 0.6) is 34.5 Å². The predicted octanol–water partition coefficient (Wildman–Crippen LogP) is 5.80. The smallest absolute Gasteiger partial charge is 0.203 e. The zero-order valence-corrected chi connectivity index (χ0v) is 22.9. The summed E-state index contributed by atoms with van der Waals surface area (Å²) in [5.41, 5.74) is 2.37. The minimum Gasteiger partial charge on any atom is -0.493 e. The van der Waals surface area contributed by atoms with Gasteiger partial charge < -0.3 is 33.5 Å². The Morgan fingerprint density at radius 2 is 1.00 bits per heavy atom. The normalized spacial score (nSPS) is 11.3. The van der Waals surface area contributed by atoms with Crippen molar-refractivity contribution in [3.05, 3.63) is 107 Å². The summed E-state index contributed by atoms with van der Waals surface area (Å²) in [5, 5.41) is 11.1. The maximum atomic E-state index is 13.5. The molecule has 0 heterocycles. The first kappa shape index (κ1) is 28.3. The molecule has 208 valence electrons. The van der Waals surface area contributed by atoms with Gasteiger partial charge in [0.1, 0.15) is 19.3 Å². The fourth-order valence-corrected chi connectivity index (χ4v) is 4.13. The van der Waals surface area contributed by atoms with E-state index in [9.17, 15) is 9.90 Å². The van der Waals surface area contributed by atoms with E-state index in [1.807, 2.05) is 60.7 Å². The lowest BCUT2D eigenvalue weighted by Gasteiger charge is -2.19. The van der Waals surface area contributed by atoms with Crippen molar-refractivity contribution in [2.75, 3.05) is 28.4 Å². The van der Waals surface area contributed by atoms with E-state index in [4.69, 9.17) is 28.4 Å². The molecule has 1 N–H and O–H groups in total. The molecule has 1 unspecified atom stereocenters. The number of benzene rings is 4. The second-order valence-electron chi connectivity index (χ2n) is 8.78. The molecule has 4 aromatic rings. The van der Waals surface area contributed by atoms with Gasteiger partial charge in [-0.2, -0.15) is 0 Å². The van der Waals surface area contributed by atoms with Gasteiger partial charge in [0.25, 0.3) is 0 Å². The van der Waals surface area contributed by atoms with Crippen molar-refractivity contribution in [2.24, 2.45) is 0 Å². The van der Waals surface area contributed by atoms with Gasteiger partial charge in [-0.15, -0.1) is 0 Å². The second kappa shape index (κ2) is 13.4. The quantitative estimate of drug-likeness (QED) is 0.211. The first-order chi connectivity index (χ1) is 19.5. The molecule has 0 aromatic heterocycles. The van der Waals surface area contributed by atoms with E-state index in [1.165, 1.54) is 40.6 Å². The first-order valence-corrected chi connectivity index (χ1v) is 12.6. The molecule has 0 fully saturated rings. The number of hydrogen-bond acceptors (Lipinski definition) is 8. The lowest BCUT2D eigenvalue weighted by Crippen LogP contribution is -2.14. The van der Waals surface area contributed by atoms with E-state index in [0.717, 1.165) is 11.1 Å². The average Bonchev–Trinajstić information content (AvgIpc) is 3.02. The number of aliphatic hydroxyl groups excluding tert-OH is 1. The third kappa shape index (κ3) is 6.47. The highest BCUT2D eigenvalue weighted by Gasteiger charge is 2.26. The van der Waals surface area contributed by atoms with Crippen LogP contribution in [0.1, 0.15) is 33.2 Å². The fraction of sp³-hybridized carbons (Fsp3) is 0.219. The number of methoxy groups -OCH3 is 4. The van der Waals surface area contributed by atoms with Gasteiger partial charge in [0.05, 0.1) is 28.4 Å². The molecule has 0 aliphatic carbocycles. The number of carbonyl (C=O) groups is 1. The Morgan fingerprint density at radius 1 is 0.625 bits per heavy atom. The third-order valence-electron chi connectivity index (χ3n) is 6.24. The molecule has 8 nitrogen and oxygen atoms in total. The molecule has 0 spiro atoms. The summed E-state index contributed by atoms with van der Waals surface area (Å²) in [4.78, 5) is 13.5. The zero-order chi connectivity index (χ0) is 28.5. The Bertz CT molecular complexity index is 1370. The summed E-state index contributed by atoms with van der Waals surface area (Å²) in [6.45, 7) is 0.564. The summed E-state index contributed by atoms with van der Waals surface area (Å²) in [6.07, 6.45) is -1.53. The first-order valence-electron chi connectivity index (χ1n) is 12.6. The molecule has 40 heavy (non-hydrogen) atoms. The topological polar surface area (TPSA) is 92.7 Å². The highest BCUT2D eigenvalue weighted by molar-refractivity contribution is 6.01. The molecule has 1 atom stereocenters. The van der Waals surface area contributed by atoms with Gasteiger partial charge in [-0.25, -0.2) is 0 Å². The number of ether oxygens (including phenoxy) is 6. The van der Waals surface area contributed by atoms with Crippen LogP contribution in [0.3, 0.4) is 0 Å². The predicted molar refractivity (Wildman–Crippen MR) is 150 cm³/mol. The van der Waals surface area contributed by atoms with E-state index in [0.29, 0.717) is 34.5 Å². The van der Waals surface area contributed by atoms with Crippen LogP contribution < -0.4 is 28.4 Å². The second-order valence-corrected chi connectivity index (χ2v) is 8.78. The average molecular weight is 545 g/mol. The SMILES string of the molecule is COc1cc(C(=O)C(O)c2cc(OC)c(OCc3ccccc3)c(OC)c2)cc(OC)c1OCc1ccccc1. The molecular formula is C32H32O8. The van der Waals surface area contributed by atoms with Crippen molar-refractivity contribution < 1.29 is 38.3 Å². The standard InChI is InChI=1S/C32H32O8/c1-35-25-15-23(16-26(36-2)31(25)39-19-21-11-7-5-8-12-21)29(33)30(34)24-17-27(37-3)32(28(18-24)38-4)40-20-22-13-9-6-10-14-22/h5-18,29,33H,19-20H2,1-4H3. The number of carbonyl (C=O) groups excluding carboxylic acids is 1. The minimum absolute atomic E-state index is 0.176. The van der Waals surface area contributed by atoms with Crippen molar-refractivity contribution in [2.45, 2.75) is 19.3 Å². The van der Waals surface area contributed by atoms with Crippen molar-refractivity contribution >= 4 is 5.78 Å². The fourth-order valence-electron chi connectivity index (χ4n) is 4.13. The Labute approximate surface area is 233 Å². The Morgan fingerprint density at radius 3 is 1.38 bits per heavy atom. The molecule has 4 rings (SSSR count). The van der Waals surface area contributed by atoms with Gasteiger partial charge in [-0.05, 0) is 41.0 Å². The largest absolute Gasteiger partial charge is 0.493 e. The molecule has 0 saturated heterocycles. The summed E-state index contributed by atoms with van der Waals surface area (Å²) >= 11 is 0. The number of hydrogen-bond donors (Lipinski definition) is 1. The number of Topliss-reactive ketones (excluding diaryl/α,β-unsaturated/α-hetero) is 1. The molecule has 4 aromatic carbocycles. The van der Waals surface area contributed by atoms with Crippen LogP contribution in [0.15, 0.2) is 84.9 Å². The third-order valence-corrected chi connectivity index (χ3v) is 6.24. The van der Waals surface area contributed by atoms with Gasteiger partial charge in [0.2, 0.25) is 11.5 Å². The number of ketones is 1. The van der Waals surface area contributed by atoms with Crippen LogP contribution in [0, 0.1) is 0 Å². The molecule has 0 amide bonds. The molecule has 0 radical (unpaired) electrons. The van der Waals surface area contributed by atoms with Crippen molar-refractivity contribution in [1.82, 2.24) is 0 Å².